The maximum Gasteiger partial charge on any atom is 0.170 e. The molecular weight excluding hydrogens is 254 g/mol. The van der Waals surface area contributed by atoms with E-state index in [1.54, 1.807) is 0 Å². The minimum absolute atomic E-state index is 0.178. The van der Waals surface area contributed by atoms with Crippen LogP contribution in [-0.2, 0) is 9.47 Å². The van der Waals surface area contributed by atoms with Crippen molar-refractivity contribution in [2.24, 2.45) is 5.92 Å². The highest BCUT2D eigenvalue weighted by atomic mass is 16.7. The van der Waals surface area contributed by atoms with E-state index in [2.05, 4.69) is 18.9 Å². The van der Waals surface area contributed by atoms with Gasteiger partial charge in [0.1, 0.15) is 0 Å². The Labute approximate surface area is 122 Å². The Bertz CT molecular complexity index is 330. The van der Waals surface area contributed by atoms with Gasteiger partial charge in [-0.3, -0.25) is 4.90 Å². The molecule has 0 amide bonds. The van der Waals surface area contributed by atoms with Gasteiger partial charge in [-0.05, 0) is 32.2 Å². The maximum atomic E-state index is 10.4. The molecule has 1 saturated heterocycles. The summed E-state index contributed by atoms with van der Waals surface area (Å²) in [5.74, 6) is 0.406. The van der Waals surface area contributed by atoms with E-state index in [0.717, 1.165) is 25.2 Å². The standard InChI is InChI=1S/C16H29NO3/c1-12-4-3-5-13(10-12)17(2)14-11-16(7-6-15(14)18)19-8-9-20-16/h12-15,18H,3-11H2,1-2H3. The lowest BCUT2D eigenvalue weighted by Gasteiger charge is -2.46. The Hall–Kier alpha value is -0.160. The molecule has 4 unspecified atom stereocenters. The molecule has 1 heterocycles. The van der Waals surface area contributed by atoms with Gasteiger partial charge in [0, 0.05) is 24.9 Å². The van der Waals surface area contributed by atoms with Gasteiger partial charge in [-0.15, -0.1) is 0 Å². The van der Waals surface area contributed by atoms with E-state index in [-0.39, 0.29) is 12.1 Å². The molecule has 2 saturated carbocycles. The summed E-state index contributed by atoms with van der Waals surface area (Å²) in [5, 5.41) is 10.4. The Morgan fingerprint density at radius 1 is 1.15 bits per heavy atom. The lowest BCUT2D eigenvalue weighted by atomic mass is 9.82. The minimum atomic E-state index is -0.404. The number of rotatable bonds is 2. The van der Waals surface area contributed by atoms with Crippen LogP contribution < -0.4 is 0 Å². The summed E-state index contributed by atoms with van der Waals surface area (Å²) in [4.78, 5) is 2.42. The first-order valence-electron chi connectivity index (χ1n) is 8.27. The van der Waals surface area contributed by atoms with Crippen LogP contribution in [-0.4, -0.2) is 54.2 Å². The van der Waals surface area contributed by atoms with Crippen LogP contribution in [0.5, 0.6) is 0 Å². The molecule has 0 bridgehead atoms. The van der Waals surface area contributed by atoms with Crippen molar-refractivity contribution >= 4 is 0 Å². The van der Waals surface area contributed by atoms with Gasteiger partial charge < -0.3 is 14.6 Å². The summed E-state index contributed by atoms with van der Waals surface area (Å²) in [7, 11) is 2.19. The molecule has 4 nitrogen and oxygen atoms in total. The van der Waals surface area contributed by atoms with E-state index >= 15 is 0 Å². The van der Waals surface area contributed by atoms with Crippen molar-refractivity contribution in [2.45, 2.75) is 75.8 Å². The quantitative estimate of drug-likeness (QED) is 0.843. The van der Waals surface area contributed by atoms with Gasteiger partial charge in [0.25, 0.3) is 0 Å². The van der Waals surface area contributed by atoms with Gasteiger partial charge in [-0.1, -0.05) is 19.8 Å². The van der Waals surface area contributed by atoms with E-state index in [0.29, 0.717) is 19.3 Å². The van der Waals surface area contributed by atoms with Crippen molar-refractivity contribution in [2.75, 3.05) is 20.3 Å². The van der Waals surface area contributed by atoms with E-state index in [1.807, 2.05) is 0 Å². The summed E-state index contributed by atoms with van der Waals surface area (Å²) in [6, 6.07) is 0.784. The van der Waals surface area contributed by atoms with Crippen LogP contribution in [0, 0.1) is 5.92 Å². The van der Waals surface area contributed by atoms with Crippen molar-refractivity contribution in [3.05, 3.63) is 0 Å². The van der Waals surface area contributed by atoms with E-state index in [4.69, 9.17) is 9.47 Å². The molecule has 4 heteroatoms. The molecule has 4 atom stereocenters. The topological polar surface area (TPSA) is 41.9 Å². The van der Waals surface area contributed by atoms with Gasteiger partial charge >= 0.3 is 0 Å². The molecule has 3 aliphatic rings. The lowest BCUT2D eigenvalue weighted by Crippen LogP contribution is -2.55. The molecule has 3 rings (SSSR count). The predicted molar refractivity (Wildman–Crippen MR) is 77.5 cm³/mol. The summed E-state index contributed by atoms with van der Waals surface area (Å²) in [6.45, 7) is 3.75. The van der Waals surface area contributed by atoms with E-state index in [1.165, 1.54) is 25.7 Å². The van der Waals surface area contributed by atoms with Crippen LogP contribution in [0.3, 0.4) is 0 Å². The molecule has 0 aromatic rings. The second-order valence-corrected chi connectivity index (χ2v) is 7.08. The summed E-state index contributed by atoms with van der Waals surface area (Å²) >= 11 is 0. The molecular formula is C16H29NO3. The number of nitrogens with zero attached hydrogens (tertiary/aromatic N) is 1. The summed E-state index contributed by atoms with van der Waals surface area (Å²) in [6.07, 6.45) is 7.39. The van der Waals surface area contributed by atoms with Crippen LogP contribution in [0.15, 0.2) is 0 Å². The fraction of sp³-hybridized carbons (Fsp3) is 1.00. The van der Waals surface area contributed by atoms with Crippen LogP contribution in [0.2, 0.25) is 0 Å². The van der Waals surface area contributed by atoms with E-state index < -0.39 is 5.79 Å². The number of likely N-dealkylation sites (N-methyl/N-ethyl adjacent to an activating group) is 1. The van der Waals surface area contributed by atoms with Gasteiger partial charge in [-0.2, -0.15) is 0 Å². The minimum Gasteiger partial charge on any atom is -0.391 e. The normalized spacial score (nSPS) is 41.4. The second kappa shape index (κ2) is 5.91. The average Bonchev–Trinajstić information content (AvgIpc) is 2.89. The summed E-state index contributed by atoms with van der Waals surface area (Å²) < 4.78 is 11.7. The molecule has 116 valence electrons. The van der Waals surface area contributed by atoms with Gasteiger partial charge in [0.05, 0.1) is 19.3 Å². The molecule has 0 aromatic heterocycles. The average molecular weight is 283 g/mol. The number of aliphatic hydroxyl groups is 1. The molecule has 0 aromatic carbocycles. The molecule has 20 heavy (non-hydrogen) atoms. The Morgan fingerprint density at radius 2 is 1.90 bits per heavy atom. The first-order valence-corrected chi connectivity index (χ1v) is 8.27. The third-order valence-corrected chi connectivity index (χ3v) is 5.61. The highest BCUT2D eigenvalue weighted by molar-refractivity contribution is 4.94. The van der Waals surface area contributed by atoms with Gasteiger partial charge in [0.15, 0.2) is 5.79 Å². The third-order valence-electron chi connectivity index (χ3n) is 5.61. The van der Waals surface area contributed by atoms with Crippen molar-refractivity contribution in [1.29, 1.82) is 0 Å². The van der Waals surface area contributed by atoms with Crippen LogP contribution in [0.1, 0.15) is 51.9 Å². The number of ether oxygens (including phenoxy) is 2. The van der Waals surface area contributed by atoms with Crippen LogP contribution in [0.4, 0.5) is 0 Å². The highest BCUT2D eigenvalue weighted by Crippen LogP contribution is 2.39. The fourth-order valence-electron chi connectivity index (χ4n) is 4.33. The first-order chi connectivity index (χ1) is 9.60. The smallest absolute Gasteiger partial charge is 0.170 e. The second-order valence-electron chi connectivity index (χ2n) is 7.08. The number of aliphatic hydroxyl groups excluding tert-OH is 1. The number of hydrogen-bond donors (Lipinski definition) is 1. The van der Waals surface area contributed by atoms with Crippen molar-refractivity contribution in [3.8, 4) is 0 Å². The first kappa shape index (κ1) is 14.8. The molecule has 2 aliphatic carbocycles. The molecule has 1 spiro atoms. The lowest BCUT2D eigenvalue weighted by molar-refractivity contribution is -0.206. The van der Waals surface area contributed by atoms with Gasteiger partial charge in [0.2, 0.25) is 0 Å². The summed E-state index contributed by atoms with van der Waals surface area (Å²) in [5.41, 5.74) is 0. The molecule has 1 aliphatic heterocycles. The maximum absolute atomic E-state index is 10.4. The fourth-order valence-corrected chi connectivity index (χ4v) is 4.33. The van der Waals surface area contributed by atoms with Crippen LogP contribution in [0.25, 0.3) is 0 Å². The molecule has 3 fully saturated rings. The molecule has 1 N–H and O–H groups in total. The van der Waals surface area contributed by atoms with E-state index in [9.17, 15) is 5.11 Å². The SMILES string of the molecule is CC1CCCC(N(C)C2CC3(CCC2O)OCCO3)C1. The Balaban J connectivity index is 1.66. The largest absolute Gasteiger partial charge is 0.391 e. The Morgan fingerprint density at radius 3 is 2.60 bits per heavy atom. The molecule has 0 radical (unpaired) electrons. The number of hydrogen-bond acceptors (Lipinski definition) is 4. The van der Waals surface area contributed by atoms with Crippen molar-refractivity contribution in [3.63, 3.8) is 0 Å². The third kappa shape index (κ3) is 2.89. The van der Waals surface area contributed by atoms with Crippen molar-refractivity contribution in [1.82, 2.24) is 4.90 Å². The zero-order valence-electron chi connectivity index (χ0n) is 12.9. The van der Waals surface area contributed by atoms with Crippen LogP contribution >= 0.6 is 0 Å². The predicted octanol–water partition coefficient (Wildman–Crippen LogP) is 2.15. The van der Waals surface area contributed by atoms with Crippen molar-refractivity contribution < 1.29 is 14.6 Å². The van der Waals surface area contributed by atoms with Gasteiger partial charge in [-0.25, -0.2) is 0 Å². The zero-order chi connectivity index (χ0) is 14.2. The zero-order valence-corrected chi connectivity index (χ0v) is 12.9. The highest BCUT2D eigenvalue weighted by Gasteiger charge is 2.46. The Kier molecular flexibility index (Phi) is 4.37. The monoisotopic (exact) mass is 283 g/mol.